The molecule has 0 heterocycles. The van der Waals surface area contributed by atoms with Crippen LogP contribution in [0.1, 0.15) is 44.7 Å². The minimum atomic E-state index is -1.93. The molecule has 0 unspecified atom stereocenters. The van der Waals surface area contributed by atoms with Gasteiger partial charge in [-0.2, -0.15) is 0 Å². The molecule has 0 spiro atoms. The monoisotopic (exact) mass is 439 g/mol. The molecule has 0 aliphatic heterocycles. The van der Waals surface area contributed by atoms with E-state index in [1.807, 2.05) is 18.2 Å². The van der Waals surface area contributed by atoms with Crippen LogP contribution >= 0.6 is 0 Å². The van der Waals surface area contributed by atoms with Crippen LogP contribution < -0.4 is 0 Å². The van der Waals surface area contributed by atoms with Gasteiger partial charge in [-0.05, 0) is 42.1 Å². The van der Waals surface area contributed by atoms with E-state index in [4.69, 9.17) is 4.43 Å². The summed E-state index contributed by atoms with van der Waals surface area (Å²) in [5.41, 5.74) is 2.48. The Bertz CT molecular complexity index is 729. The fourth-order valence-electron chi connectivity index (χ4n) is 3.38. The number of benzene rings is 2. The number of hydrogen-bond acceptors (Lipinski definition) is 3. The van der Waals surface area contributed by atoms with Crippen molar-refractivity contribution in [3.05, 3.63) is 84.4 Å². The smallest absolute Gasteiger partial charge is 0.192 e. The van der Waals surface area contributed by atoms with Crippen LogP contribution in [0.15, 0.2) is 73.3 Å². The summed E-state index contributed by atoms with van der Waals surface area (Å²) >= 11 is 0. The molecule has 0 saturated carbocycles. The van der Waals surface area contributed by atoms with Crippen molar-refractivity contribution in [2.75, 3.05) is 6.61 Å². The zero-order chi connectivity index (χ0) is 22.9. The van der Waals surface area contributed by atoms with E-state index >= 15 is 0 Å². The predicted octanol–water partition coefficient (Wildman–Crippen LogP) is 6.41. The predicted molar refractivity (Wildman–Crippen MR) is 135 cm³/mol. The van der Waals surface area contributed by atoms with Crippen molar-refractivity contribution in [3.63, 3.8) is 0 Å². The first kappa shape index (κ1) is 25.5. The van der Waals surface area contributed by atoms with Crippen molar-refractivity contribution in [3.8, 4) is 0 Å². The van der Waals surface area contributed by atoms with E-state index in [0.29, 0.717) is 13.0 Å². The molecular formula is C27H41NO2Si. The Morgan fingerprint density at radius 3 is 1.87 bits per heavy atom. The maximum atomic E-state index is 11.2. The van der Waals surface area contributed by atoms with E-state index in [1.54, 1.807) is 0 Å². The first-order valence-electron chi connectivity index (χ1n) is 11.4. The van der Waals surface area contributed by atoms with Gasteiger partial charge in [0, 0.05) is 13.1 Å². The van der Waals surface area contributed by atoms with Crippen LogP contribution in [0, 0.1) is 0 Å². The molecule has 0 aliphatic rings. The number of rotatable bonds is 12. The van der Waals surface area contributed by atoms with Gasteiger partial charge < -0.3 is 9.53 Å². The van der Waals surface area contributed by atoms with Gasteiger partial charge in [0.05, 0.1) is 18.8 Å². The molecule has 2 atom stereocenters. The average molecular weight is 440 g/mol. The lowest BCUT2D eigenvalue weighted by molar-refractivity contribution is 0.00656. The van der Waals surface area contributed by atoms with Crippen molar-refractivity contribution in [2.24, 2.45) is 0 Å². The summed E-state index contributed by atoms with van der Waals surface area (Å²) < 4.78 is 6.62. The van der Waals surface area contributed by atoms with Gasteiger partial charge in [0.1, 0.15) is 0 Å². The molecule has 2 aromatic carbocycles. The summed E-state index contributed by atoms with van der Waals surface area (Å²) in [6.45, 7) is 17.2. The molecule has 3 nitrogen and oxygen atoms in total. The summed E-state index contributed by atoms with van der Waals surface area (Å²) in [4.78, 5) is 2.38. The Kier molecular flexibility index (Phi) is 9.70. The van der Waals surface area contributed by atoms with Crippen LogP contribution in [0.5, 0.6) is 0 Å². The molecule has 31 heavy (non-hydrogen) atoms. The third kappa shape index (κ3) is 8.04. The van der Waals surface area contributed by atoms with Crippen molar-refractivity contribution in [2.45, 2.75) is 77.0 Å². The summed E-state index contributed by atoms with van der Waals surface area (Å²) in [6, 6.07) is 20.9. The Morgan fingerprint density at radius 2 is 1.45 bits per heavy atom. The van der Waals surface area contributed by atoms with Crippen LogP contribution in [-0.2, 0) is 17.5 Å². The quantitative estimate of drug-likeness (QED) is 0.306. The standard InChI is InChI=1S/C27H41NO2Si/c1-7-8-19-26(29)25(22-30-31(5,6)27(2,3)4)28(20-23-15-11-9-12-16-23)21-24-17-13-10-14-18-24/h7,9-18,25-26,29H,1,8,19-22H2,2-6H3/t25-,26+/m0/s1. The van der Waals surface area contributed by atoms with E-state index in [1.165, 1.54) is 11.1 Å². The molecule has 0 amide bonds. The second-order valence-electron chi connectivity index (χ2n) is 9.95. The maximum absolute atomic E-state index is 11.2. The molecule has 1 N–H and O–H groups in total. The van der Waals surface area contributed by atoms with Gasteiger partial charge in [-0.3, -0.25) is 4.90 Å². The first-order chi connectivity index (χ1) is 14.6. The Hall–Kier alpha value is -1.72. The SMILES string of the molecule is C=CCC[C@@H](O)[C@H](CO[Si](C)(C)C(C)(C)C)N(Cc1ccccc1)Cc1ccccc1. The van der Waals surface area contributed by atoms with Crippen LogP contribution in [-0.4, -0.2) is 37.1 Å². The lowest BCUT2D eigenvalue weighted by Crippen LogP contribution is -2.50. The molecular weight excluding hydrogens is 398 g/mol. The van der Waals surface area contributed by atoms with Gasteiger partial charge in [-0.15, -0.1) is 6.58 Å². The molecule has 2 rings (SSSR count). The molecule has 4 heteroatoms. The second kappa shape index (κ2) is 11.8. The zero-order valence-corrected chi connectivity index (χ0v) is 21.1. The van der Waals surface area contributed by atoms with E-state index in [2.05, 4.69) is 93.9 Å². The van der Waals surface area contributed by atoms with E-state index in [0.717, 1.165) is 19.5 Å². The van der Waals surface area contributed by atoms with E-state index in [-0.39, 0.29) is 11.1 Å². The lowest BCUT2D eigenvalue weighted by Gasteiger charge is -2.41. The second-order valence-corrected chi connectivity index (χ2v) is 14.8. The summed E-state index contributed by atoms with van der Waals surface area (Å²) in [6.07, 6.45) is 2.89. The van der Waals surface area contributed by atoms with Gasteiger partial charge in [-0.1, -0.05) is 87.5 Å². The van der Waals surface area contributed by atoms with Gasteiger partial charge in [-0.25, -0.2) is 0 Å². The Balaban J connectivity index is 2.31. The van der Waals surface area contributed by atoms with Crippen LogP contribution in [0.2, 0.25) is 18.1 Å². The number of aliphatic hydroxyl groups is 1. The largest absolute Gasteiger partial charge is 0.415 e. The molecule has 0 aromatic heterocycles. The third-order valence-corrected chi connectivity index (χ3v) is 11.0. The molecule has 0 fully saturated rings. The maximum Gasteiger partial charge on any atom is 0.192 e. The fourth-order valence-corrected chi connectivity index (χ4v) is 4.40. The van der Waals surface area contributed by atoms with E-state index < -0.39 is 14.4 Å². The minimum Gasteiger partial charge on any atom is -0.415 e. The topological polar surface area (TPSA) is 32.7 Å². The van der Waals surface area contributed by atoms with E-state index in [9.17, 15) is 5.11 Å². The zero-order valence-electron chi connectivity index (χ0n) is 20.1. The first-order valence-corrected chi connectivity index (χ1v) is 14.3. The Labute approximate surface area is 190 Å². The van der Waals surface area contributed by atoms with Crippen molar-refractivity contribution < 1.29 is 9.53 Å². The third-order valence-electron chi connectivity index (χ3n) is 6.46. The highest BCUT2D eigenvalue weighted by atomic mass is 28.4. The number of aliphatic hydroxyl groups excluding tert-OH is 1. The van der Waals surface area contributed by atoms with Crippen LogP contribution in [0.4, 0.5) is 0 Å². The highest BCUT2D eigenvalue weighted by Gasteiger charge is 2.39. The van der Waals surface area contributed by atoms with Crippen molar-refractivity contribution in [1.29, 1.82) is 0 Å². The molecule has 0 bridgehead atoms. The fraction of sp³-hybridized carbons (Fsp3) is 0.481. The normalized spacial score (nSPS) is 14.4. The number of hydrogen-bond donors (Lipinski definition) is 1. The van der Waals surface area contributed by atoms with Crippen molar-refractivity contribution in [1.82, 2.24) is 4.90 Å². The summed E-state index contributed by atoms with van der Waals surface area (Å²) in [7, 11) is -1.93. The van der Waals surface area contributed by atoms with Gasteiger partial charge in [0.15, 0.2) is 8.32 Å². The number of nitrogens with zero attached hydrogens (tertiary/aromatic N) is 1. The molecule has 0 aliphatic carbocycles. The summed E-state index contributed by atoms with van der Waals surface area (Å²) in [5.74, 6) is 0. The van der Waals surface area contributed by atoms with Gasteiger partial charge in [0.2, 0.25) is 0 Å². The minimum absolute atomic E-state index is 0.0884. The number of allylic oxidation sites excluding steroid dienone is 1. The summed E-state index contributed by atoms with van der Waals surface area (Å²) in [5, 5.41) is 11.3. The van der Waals surface area contributed by atoms with Gasteiger partial charge >= 0.3 is 0 Å². The Morgan fingerprint density at radius 1 is 0.968 bits per heavy atom. The van der Waals surface area contributed by atoms with Gasteiger partial charge in [0.25, 0.3) is 0 Å². The highest BCUT2D eigenvalue weighted by molar-refractivity contribution is 6.74. The molecule has 170 valence electrons. The van der Waals surface area contributed by atoms with Crippen LogP contribution in [0.25, 0.3) is 0 Å². The average Bonchev–Trinajstić information content (AvgIpc) is 2.73. The van der Waals surface area contributed by atoms with Crippen molar-refractivity contribution >= 4 is 8.32 Å². The molecule has 0 saturated heterocycles. The highest BCUT2D eigenvalue weighted by Crippen LogP contribution is 2.37. The van der Waals surface area contributed by atoms with Crippen LogP contribution in [0.3, 0.4) is 0 Å². The molecule has 0 radical (unpaired) electrons. The lowest BCUT2D eigenvalue weighted by atomic mass is 10.0. The molecule has 2 aromatic rings.